The quantitative estimate of drug-likeness (QED) is 0.617. The Morgan fingerprint density at radius 2 is 2.23 bits per heavy atom. The second kappa shape index (κ2) is 3.29. The monoisotopic (exact) mass is 184 g/mol. The molecule has 2 unspecified atom stereocenters. The molecule has 2 saturated carbocycles. The van der Waals surface area contributed by atoms with Crippen LogP contribution < -0.4 is 0 Å². The van der Waals surface area contributed by atoms with Gasteiger partial charge in [-0.15, -0.1) is 0 Å². The molecule has 13 heavy (non-hydrogen) atoms. The second-order valence-corrected chi connectivity index (χ2v) is 4.21. The number of hydrogen-bond acceptors (Lipinski definition) is 3. The van der Waals surface area contributed by atoms with Gasteiger partial charge in [-0.1, -0.05) is 12.8 Å². The first kappa shape index (κ1) is 9.00. The molecule has 0 aromatic carbocycles. The standard InChI is InChI=1S/C10H16O3/c1-13-10(12)9-7-4-2-3-6(7)5-8(9)11/h6-9,11H,2-5H2,1H3/t6-,7-,8?,9?/m0/s1. The van der Waals surface area contributed by atoms with Gasteiger partial charge >= 0.3 is 5.97 Å². The molecule has 0 spiro atoms. The molecule has 0 radical (unpaired) electrons. The summed E-state index contributed by atoms with van der Waals surface area (Å²) in [4.78, 5) is 11.4. The smallest absolute Gasteiger partial charge is 0.311 e. The van der Waals surface area contributed by atoms with Crippen molar-refractivity contribution in [1.29, 1.82) is 0 Å². The average molecular weight is 184 g/mol. The minimum atomic E-state index is -0.456. The predicted molar refractivity (Wildman–Crippen MR) is 47.0 cm³/mol. The highest BCUT2D eigenvalue weighted by Crippen LogP contribution is 2.47. The average Bonchev–Trinajstić information content (AvgIpc) is 2.62. The molecule has 0 saturated heterocycles. The van der Waals surface area contributed by atoms with Crippen molar-refractivity contribution >= 4 is 5.97 Å². The van der Waals surface area contributed by atoms with E-state index in [-0.39, 0.29) is 11.9 Å². The third-order valence-corrected chi connectivity index (χ3v) is 3.61. The number of hydrogen-bond donors (Lipinski definition) is 1. The topological polar surface area (TPSA) is 46.5 Å². The van der Waals surface area contributed by atoms with Crippen LogP contribution in [0.4, 0.5) is 0 Å². The van der Waals surface area contributed by atoms with Crippen LogP contribution in [0, 0.1) is 17.8 Å². The summed E-state index contributed by atoms with van der Waals surface area (Å²) < 4.78 is 4.71. The van der Waals surface area contributed by atoms with Gasteiger partial charge in [0.15, 0.2) is 0 Å². The van der Waals surface area contributed by atoms with Crippen molar-refractivity contribution < 1.29 is 14.6 Å². The van der Waals surface area contributed by atoms with E-state index in [1.807, 2.05) is 0 Å². The molecule has 2 fully saturated rings. The zero-order valence-electron chi connectivity index (χ0n) is 7.90. The highest BCUT2D eigenvalue weighted by Gasteiger charge is 2.48. The number of carbonyl (C=O) groups is 1. The van der Waals surface area contributed by atoms with E-state index >= 15 is 0 Å². The number of esters is 1. The molecule has 0 amide bonds. The Morgan fingerprint density at radius 1 is 1.46 bits per heavy atom. The molecular formula is C10H16O3. The van der Waals surface area contributed by atoms with Crippen LogP contribution in [0.25, 0.3) is 0 Å². The minimum absolute atomic E-state index is 0.220. The summed E-state index contributed by atoms with van der Waals surface area (Å²) in [6.07, 6.45) is 3.80. The summed E-state index contributed by atoms with van der Waals surface area (Å²) in [5.74, 6) is 0.501. The van der Waals surface area contributed by atoms with Gasteiger partial charge in [-0.05, 0) is 24.7 Å². The van der Waals surface area contributed by atoms with Crippen molar-refractivity contribution in [2.45, 2.75) is 31.8 Å². The fourth-order valence-electron chi connectivity index (χ4n) is 3.04. The van der Waals surface area contributed by atoms with Crippen LogP contribution in [0.3, 0.4) is 0 Å². The Balaban J connectivity index is 2.12. The summed E-state index contributed by atoms with van der Waals surface area (Å²) in [5.41, 5.74) is 0. The van der Waals surface area contributed by atoms with Crippen LogP contribution in [0.5, 0.6) is 0 Å². The van der Waals surface area contributed by atoms with Crippen LogP contribution in [0.2, 0.25) is 0 Å². The van der Waals surface area contributed by atoms with E-state index < -0.39 is 6.10 Å². The van der Waals surface area contributed by atoms with Crippen molar-refractivity contribution in [3.63, 3.8) is 0 Å². The van der Waals surface area contributed by atoms with E-state index in [0.29, 0.717) is 11.8 Å². The number of methoxy groups -OCH3 is 1. The second-order valence-electron chi connectivity index (χ2n) is 4.21. The maximum Gasteiger partial charge on any atom is 0.311 e. The molecule has 0 aliphatic heterocycles. The highest BCUT2D eigenvalue weighted by molar-refractivity contribution is 5.74. The number of rotatable bonds is 1. The molecule has 3 nitrogen and oxygen atoms in total. The molecule has 74 valence electrons. The Labute approximate surface area is 78.1 Å². The van der Waals surface area contributed by atoms with Gasteiger partial charge in [0.05, 0.1) is 19.1 Å². The Kier molecular flexibility index (Phi) is 2.28. The third-order valence-electron chi connectivity index (χ3n) is 3.61. The fourth-order valence-corrected chi connectivity index (χ4v) is 3.04. The lowest BCUT2D eigenvalue weighted by Gasteiger charge is -2.17. The lowest BCUT2D eigenvalue weighted by molar-refractivity contribution is -0.150. The van der Waals surface area contributed by atoms with E-state index in [2.05, 4.69) is 0 Å². The molecular weight excluding hydrogens is 168 g/mol. The van der Waals surface area contributed by atoms with Crippen molar-refractivity contribution in [3.05, 3.63) is 0 Å². The normalized spacial score (nSPS) is 43.2. The van der Waals surface area contributed by atoms with E-state index in [0.717, 1.165) is 12.8 Å². The highest BCUT2D eigenvalue weighted by atomic mass is 16.5. The van der Waals surface area contributed by atoms with Crippen molar-refractivity contribution in [3.8, 4) is 0 Å². The Bertz CT molecular complexity index is 214. The van der Waals surface area contributed by atoms with Crippen molar-refractivity contribution in [2.24, 2.45) is 17.8 Å². The van der Waals surface area contributed by atoms with Gasteiger partial charge in [-0.25, -0.2) is 0 Å². The predicted octanol–water partition coefficient (Wildman–Crippen LogP) is 0.956. The molecule has 3 heteroatoms. The van der Waals surface area contributed by atoms with Gasteiger partial charge in [-0.2, -0.15) is 0 Å². The number of aliphatic hydroxyl groups excluding tert-OH is 1. The zero-order valence-corrected chi connectivity index (χ0v) is 7.90. The first-order valence-electron chi connectivity index (χ1n) is 5.00. The van der Waals surface area contributed by atoms with Crippen molar-refractivity contribution in [1.82, 2.24) is 0 Å². The summed E-state index contributed by atoms with van der Waals surface area (Å²) in [6, 6.07) is 0. The van der Waals surface area contributed by atoms with Crippen LogP contribution in [0.1, 0.15) is 25.7 Å². The minimum Gasteiger partial charge on any atom is -0.469 e. The molecule has 1 N–H and O–H groups in total. The lowest BCUT2D eigenvalue weighted by Crippen LogP contribution is -2.29. The van der Waals surface area contributed by atoms with Gasteiger partial charge in [0.25, 0.3) is 0 Å². The van der Waals surface area contributed by atoms with Gasteiger partial charge < -0.3 is 9.84 Å². The number of ether oxygens (including phenoxy) is 1. The lowest BCUT2D eigenvalue weighted by atomic mass is 9.91. The number of fused-ring (bicyclic) bond motifs is 1. The summed E-state index contributed by atoms with van der Waals surface area (Å²) in [6.45, 7) is 0. The van der Waals surface area contributed by atoms with Crippen LogP contribution in [0.15, 0.2) is 0 Å². The largest absolute Gasteiger partial charge is 0.469 e. The number of aliphatic hydroxyl groups is 1. The SMILES string of the molecule is COC(=O)C1C(O)C[C@@H]2CCC[C@H]12. The van der Waals surface area contributed by atoms with Gasteiger partial charge in [0.1, 0.15) is 0 Å². The molecule has 2 aliphatic carbocycles. The summed E-state index contributed by atoms with van der Waals surface area (Å²) in [5, 5.41) is 9.70. The van der Waals surface area contributed by atoms with Gasteiger partial charge in [-0.3, -0.25) is 4.79 Å². The van der Waals surface area contributed by atoms with E-state index in [4.69, 9.17) is 4.74 Å². The first-order valence-corrected chi connectivity index (χ1v) is 5.00. The maximum absolute atomic E-state index is 11.4. The molecule has 4 atom stereocenters. The van der Waals surface area contributed by atoms with E-state index in [1.54, 1.807) is 0 Å². The number of carbonyl (C=O) groups excluding carboxylic acids is 1. The van der Waals surface area contributed by atoms with E-state index in [1.165, 1.54) is 20.0 Å². The summed E-state index contributed by atoms with van der Waals surface area (Å²) in [7, 11) is 1.40. The van der Waals surface area contributed by atoms with Gasteiger partial charge in [0, 0.05) is 0 Å². The molecule has 2 rings (SSSR count). The fraction of sp³-hybridized carbons (Fsp3) is 0.900. The molecule has 0 aromatic rings. The summed E-state index contributed by atoms with van der Waals surface area (Å²) >= 11 is 0. The van der Waals surface area contributed by atoms with Crippen LogP contribution in [-0.4, -0.2) is 24.3 Å². The maximum atomic E-state index is 11.4. The third kappa shape index (κ3) is 1.35. The molecule has 0 bridgehead atoms. The van der Waals surface area contributed by atoms with Crippen LogP contribution >= 0.6 is 0 Å². The molecule has 2 aliphatic rings. The Morgan fingerprint density at radius 3 is 2.92 bits per heavy atom. The first-order chi connectivity index (χ1) is 6.24. The zero-order chi connectivity index (χ0) is 9.42. The Hall–Kier alpha value is -0.570. The van der Waals surface area contributed by atoms with E-state index in [9.17, 15) is 9.90 Å². The van der Waals surface area contributed by atoms with Crippen molar-refractivity contribution in [2.75, 3.05) is 7.11 Å². The van der Waals surface area contributed by atoms with Crippen LogP contribution in [-0.2, 0) is 9.53 Å². The van der Waals surface area contributed by atoms with Gasteiger partial charge in [0.2, 0.25) is 0 Å². The molecule has 0 aromatic heterocycles. The molecule has 0 heterocycles.